The number of carbonyl (C=O) groups excluding carboxylic acids is 1. The van der Waals surface area contributed by atoms with E-state index in [1.807, 2.05) is 54.6 Å². The van der Waals surface area contributed by atoms with Crippen molar-refractivity contribution in [3.63, 3.8) is 0 Å². The maximum atomic E-state index is 13.0. The fourth-order valence-electron chi connectivity index (χ4n) is 5.25. The number of nitrogens with two attached hydrogens (primary N) is 1. The van der Waals surface area contributed by atoms with Crippen LogP contribution < -0.4 is 21.1 Å². The first-order valence-corrected chi connectivity index (χ1v) is 14.8. The van der Waals surface area contributed by atoms with E-state index in [9.17, 15) is 4.79 Å². The molecule has 0 atom stereocenters. The van der Waals surface area contributed by atoms with Gasteiger partial charge in [0.2, 0.25) is 0 Å². The minimum atomic E-state index is -0.401. The maximum absolute atomic E-state index is 13.0. The summed E-state index contributed by atoms with van der Waals surface area (Å²) in [5.41, 5.74) is 10.7. The normalized spacial score (nSPS) is 17.4. The van der Waals surface area contributed by atoms with Crippen LogP contribution in [0.25, 0.3) is 17.2 Å². The van der Waals surface area contributed by atoms with Gasteiger partial charge in [0, 0.05) is 17.1 Å². The van der Waals surface area contributed by atoms with Crippen LogP contribution in [-0.2, 0) is 11.2 Å². The number of rotatable bonds is 11. The summed E-state index contributed by atoms with van der Waals surface area (Å²) < 4.78 is 11.7. The maximum Gasteiger partial charge on any atom is 0.411 e. The Morgan fingerprint density at radius 3 is 2.39 bits per heavy atom. The summed E-state index contributed by atoms with van der Waals surface area (Å²) in [6.07, 6.45) is 9.08. The summed E-state index contributed by atoms with van der Waals surface area (Å²) in [7, 11) is 0. The van der Waals surface area contributed by atoms with Crippen LogP contribution in [0.5, 0.6) is 5.75 Å². The Balaban J connectivity index is 1.34. The standard InChI is InChI=1S/C35H45N3O3/c1-35(2,3)38-29-15-19-31(20-16-29)41-34(39)37-33-25-27(14-21-32(33)28-10-5-4-6-11-28)9-7-8-24-40-30-17-12-26(13-18-30)22-23-36/h4-7,9-14,17-18,21,25,29,31,38H,8,15-16,19-20,22-24,36H2,1-3H3,(H,37,39)/b9-7+/t29-,31-. The predicted molar refractivity (Wildman–Crippen MR) is 169 cm³/mol. The Hall–Kier alpha value is -3.61. The smallest absolute Gasteiger partial charge is 0.411 e. The number of benzene rings is 3. The number of amides is 1. The Bertz CT molecular complexity index is 1260. The monoisotopic (exact) mass is 555 g/mol. The van der Waals surface area contributed by atoms with Gasteiger partial charge in [-0.15, -0.1) is 0 Å². The lowest BCUT2D eigenvalue weighted by Gasteiger charge is -2.34. The van der Waals surface area contributed by atoms with Crippen molar-refractivity contribution in [3.8, 4) is 16.9 Å². The first kappa shape index (κ1) is 30.4. The van der Waals surface area contributed by atoms with Crippen molar-refractivity contribution in [3.05, 3.63) is 90.0 Å². The number of anilines is 1. The molecular formula is C35H45N3O3. The highest BCUT2D eigenvalue weighted by molar-refractivity contribution is 5.92. The molecule has 0 aliphatic heterocycles. The molecule has 6 heteroatoms. The van der Waals surface area contributed by atoms with E-state index < -0.39 is 6.09 Å². The molecule has 1 amide bonds. The Morgan fingerprint density at radius 1 is 0.976 bits per heavy atom. The molecule has 1 aliphatic carbocycles. The molecule has 6 nitrogen and oxygen atoms in total. The van der Waals surface area contributed by atoms with Gasteiger partial charge in [0.25, 0.3) is 0 Å². The second-order valence-electron chi connectivity index (χ2n) is 11.8. The van der Waals surface area contributed by atoms with Crippen molar-refractivity contribution in [1.82, 2.24) is 5.32 Å². The minimum absolute atomic E-state index is 0.0619. The van der Waals surface area contributed by atoms with Crippen LogP contribution >= 0.6 is 0 Å². The van der Waals surface area contributed by atoms with Gasteiger partial charge in [0.15, 0.2) is 0 Å². The molecule has 41 heavy (non-hydrogen) atoms. The van der Waals surface area contributed by atoms with Crippen molar-refractivity contribution >= 4 is 17.9 Å². The number of carbonyl (C=O) groups is 1. The number of hydrogen-bond donors (Lipinski definition) is 3. The highest BCUT2D eigenvalue weighted by atomic mass is 16.6. The van der Waals surface area contributed by atoms with Gasteiger partial charge in [-0.2, -0.15) is 0 Å². The summed E-state index contributed by atoms with van der Waals surface area (Å²) in [6, 6.07) is 24.8. The number of ether oxygens (including phenoxy) is 2. The minimum Gasteiger partial charge on any atom is -0.493 e. The largest absolute Gasteiger partial charge is 0.493 e. The quantitative estimate of drug-likeness (QED) is 0.212. The molecule has 0 bridgehead atoms. The van der Waals surface area contributed by atoms with E-state index in [1.165, 1.54) is 5.56 Å². The summed E-state index contributed by atoms with van der Waals surface area (Å²) in [5, 5.41) is 6.71. The molecule has 218 valence electrons. The second kappa shape index (κ2) is 14.9. The fraction of sp³-hybridized carbons (Fsp3) is 0.400. The average molecular weight is 556 g/mol. The molecule has 0 heterocycles. The highest BCUT2D eigenvalue weighted by Crippen LogP contribution is 2.30. The highest BCUT2D eigenvalue weighted by Gasteiger charge is 2.26. The predicted octanol–water partition coefficient (Wildman–Crippen LogP) is 7.58. The molecule has 0 spiro atoms. The van der Waals surface area contributed by atoms with Crippen molar-refractivity contribution in [1.29, 1.82) is 0 Å². The first-order chi connectivity index (χ1) is 19.8. The van der Waals surface area contributed by atoms with Gasteiger partial charge < -0.3 is 20.5 Å². The molecule has 0 unspecified atom stereocenters. The Kier molecular flexibility index (Phi) is 11.0. The summed E-state index contributed by atoms with van der Waals surface area (Å²) >= 11 is 0. The molecule has 0 aromatic heterocycles. The zero-order chi connectivity index (χ0) is 29.1. The SMILES string of the molecule is CC(C)(C)N[C@H]1CC[C@H](OC(=O)Nc2cc(/C=C/CCOc3ccc(CCN)cc3)ccc2-c2ccccc2)CC1. The Labute approximate surface area is 245 Å². The lowest BCUT2D eigenvalue weighted by Crippen LogP contribution is -2.46. The average Bonchev–Trinajstić information content (AvgIpc) is 2.95. The van der Waals surface area contributed by atoms with Crippen LogP contribution in [0.3, 0.4) is 0 Å². The van der Waals surface area contributed by atoms with Gasteiger partial charge in [0.1, 0.15) is 11.9 Å². The molecule has 3 aromatic rings. The molecule has 4 rings (SSSR count). The summed E-state index contributed by atoms with van der Waals surface area (Å²) in [5.74, 6) is 0.857. The molecule has 0 radical (unpaired) electrons. The molecule has 1 fully saturated rings. The van der Waals surface area contributed by atoms with Crippen LogP contribution in [0, 0.1) is 0 Å². The molecule has 1 aliphatic rings. The third-order valence-corrected chi connectivity index (χ3v) is 7.17. The second-order valence-corrected chi connectivity index (χ2v) is 11.8. The van der Waals surface area contributed by atoms with E-state index in [0.29, 0.717) is 19.2 Å². The number of hydrogen-bond acceptors (Lipinski definition) is 5. The van der Waals surface area contributed by atoms with Gasteiger partial charge in [-0.3, -0.25) is 5.32 Å². The molecular weight excluding hydrogens is 510 g/mol. The van der Waals surface area contributed by atoms with Gasteiger partial charge in [-0.25, -0.2) is 4.79 Å². The molecule has 0 saturated heterocycles. The van der Waals surface area contributed by atoms with E-state index >= 15 is 0 Å². The van der Waals surface area contributed by atoms with Crippen molar-refractivity contribution in [2.45, 2.75) is 77.0 Å². The molecule has 3 aromatic carbocycles. The molecule has 1 saturated carbocycles. The van der Waals surface area contributed by atoms with Crippen LogP contribution in [-0.4, -0.2) is 36.9 Å². The van der Waals surface area contributed by atoms with E-state index in [4.69, 9.17) is 15.2 Å². The van der Waals surface area contributed by atoms with Crippen LogP contribution in [0.1, 0.15) is 64.0 Å². The van der Waals surface area contributed by atoms with Gasteiger partial charge in [-0.1, -0.05) is 66.7 Å². The molecule has 4 N–H and O–H groups in total. The Morgan fingerprint density at radius 2 is 1.71 bits per heavy atom. The summed E-state index contributed by atoms with van der Waals surface area (Å²) in [6.45, 7) is 7.80. The third kappa shape index (κ3) is 10.1. The fourth-order valence-corrected chi connectivity index (χ4v) is 5.25. The zero-order valence-electron chi connectivity index (χ0n) is 24.7. The van der Waals surface area contributed by atoms with Crippen LogP contribution in [0.2, 0.25) is 0 Å². The zero-order valence-corrected chi connectivity index (χ0v) is 24.7. The van der Waals surface area contributed by atoms with Crippen molar-refractivity contribution in [2.75, 3.05) is 18.5 Å². The third-order valence-electron chi connectivity index (χ3n) is 7.17. The van der Waals surface area contributed by atoms with Crippen LogP contribution in [0.15, 0.2) is 78.9 Å². The van der Waals surface area contributed by atoms with Crippen molar-refractivity contribution in [2.24, 2.45) is 5.73 Å². The van der Waals surface area contributed by atoms with Crippen molar-refractivity contribution < 1.29 is 14.3 Å². The van der Waals surface area contributed by atoms with Gasteiger partial charge in [0.05, 0.1) is 12.3 Å². The van der Waals surface area contributed by atoms with Gasteiger partial charge >= 0.3 is 6.09 Å². The van der Waals surface area contributed by atoms with Gasteiger partial charge in [-0.05, 0) is 101 Å². The van der Waals surface area contributed by atoms with E-state index in [0.717, 1.165) is 66.7 Å². The topological polar surface area (TPSA) is 85.6 Å². The van der Waals surface area contributed by atoms with Crippen LogP contribution in [0.4, 0.5) is 10.5 Å². The van der Waals surface area contributed by atoms with E-state index in [1.54, 1.807) is 0 Å². The summed E-state index contributed by atoms with van der Waals surface area (Å²) in [4.78, 5) is 13.0. The van der Waals surface area contributed by atoms with E-state index in [2.05, 4.69) is 61.8 Å². The first-order valence-electron chi connectivity index (χ1n) is 14.8. The lowest BCUT2D eigenvalue weighted by molar-refractivity contribution is 0.0762. The van der Waals surface area contributed by atoms with E-state index in [-0.39, 0.29) is 11.6 Å². The lowest BCUT2D eigenvalue weighted by atomic mass is 9.91. The number of nitrogens with one attached hydrogen (secondary N) is 2.